The lowest BCUT2D eigenvalue weighted by atomic mass is 9.93. The van der Waals surface area contributed by atoms with Gasteiger partial charge < -0.3 is 15.1 Å². The second-order valence-electron chi connectivity index (χ2n) is 9.62. The van der Waals surface area contributed by atoms with Crippen LogP contribution in [0.15, 0.2) is 48.9 Å². The molecule has 4 aromatic rings. The molecule has 35 heavy (non-hydrogen) atoms. The number of hydrogen-bond acceptors (Lipinski definition) is 6. The first-order valence-corrected chi connectivity index (χ1v) is 12.1. The predicted octanol–water partition coefficient (Wildman–Crippen LogP) is 3.73. The summed E-state index contributed by atoms with van der Waals surface area (Å²) in [6.07, 6.45) is 7.95. The van der Waals surface area contributed by atoms with Gasteiger partial charge in [-0.25, -0.2) is 4.98 Å². The van der Waals surface area contributed by atoms with E-state index in [1.165, 1.54) is 16.7 Å². The number of anilines is 2. The molecule has 1 amide bonds. The molecular weight excluding hydrogens is 438 g/mol. The molecule has 1 aromatic carbocycles. The van der Waals surface area contributed by atoms with Gasteiger partial charge in [0.15, 0.2) is 5.82 Å². The predicted molar refractivity (Wildman–Crippen MR) is 137 cm³/mol. The third kappa shape index (κ3) is 3.74. The normalized spacial score (nSPS) is 16.3. The molecule has 178 valence electrons. The number of fused-ring (bicyclic) bond motifs is 2. The van der Waals surface area contributed by atoms with Gasteiger partial charge in [0.25, 0.3) is 5.91 Å². The van der Waals surface area contributed by atoms with Crippen LogP contribution in [0.1, 0.15) is 34.1 Å². The summed E-state index contributed by atoms with van der Waals surface area (Å²) in [4.78, 5) is 26.4. The topological polar surface area (TPSA) is 79.2 Å². The molecule has 0 atom stereocenters. The Hall–Kier alpha value is -3.78. The van der Waals surface area contributed by atoms with Crippen LogP contribution >= 0.6 is 0 Å². The van der Waals surface area contributed by atoms with Gasteiger partial charge in [0, 0.05) is 55.7 Å². The largest absolute Gasteiger partial charge is 0.354 e. The fraction of sp³-hybridized carbons (Fsp3) is 0.333. The van der Waals surface area contributed by atoms with Gasteiger partial charge in [-0.3, -0.25) is 14.5 Å². The molecule has 2 aliphatic rings. The highest BCUT2D eigenvalue weighted by molar-refractivity contribution is 6.00. The van der Waals surface area contributed by atoms with Crippen molar-refractivity contribution in [3.05, 3.63) is 65.7 Å². The van der Waals surface area contributed by atoms with Crippen LogP contribution in [0.4, 0.5) is 11.5 Å². The van der Waals surface area contributed by atoms with Gasteiger partial charge in [0.05, 0.1) is 12.2 Å². The lowest BCUT2D eigenvalue weighted by Gasteiger charge is -2.36. The average Bonchev–Trinajstić information content (AvgIpc) is 3.34. The van der Waals surface area contributed by atoms with Crippen molar-refractivity contribution in [3.8, 4) is 11.1 Å². The number of likely N-dealkylation sites (tertiary alicyclic amines) is 1. The second-order valence-corrected chi connectivity index (χ2v) is 9.62. The molecule has 1 saturated heterocycles. The van der Waals surface area contributed by atoms with Crippen LogP contribution in [0.5, 0.6) is 0 Å². The smallest absolute Gasteiger partial charge is 0.269 e. The van der Waals surface area contributed by atoms with E-state index in [0.29, 0.717) is 11.7 Å². The van der Waals surface area contributed by atoms with E-state index in [2.05, 4.69) is 62.2 Å². The molecule has 0 aliphatic carbocycles. The summed E-state index contributed by atoms with van der Waals surface area (Å²) >= 11 is 0. The summed E-state index contributed by atoms with van der Waals surface area (Å²) in [5.74, 6) is 0.534. The van der Waals surface area contributed by atoms with Gasteiger partial charge in [-0.15, -0.1) is 0 Å². The quantitative estimate of drug-likeness (QED) is 0.493. The number of aromatic nitrogens is 4. The van der Waals surface area contributed by atoms with Crippen LogP contribution in [-0.2, 0) is 6.42 Å². The van der Waals surface area contributed by atoms with E-state index in [1.807, 2.05) is 18.3 Å². The van der Waals surface area contributed by atoms with Gasteiger partial charge in [0.1, 0.15) is 11.2 Å². The average molecular weight is 468 g/mol. The van der Waals surface area contributed by atoms with E-state index in [-0.39, 0.29) is 5.91 Å². The van der Waals surface area contributed by atoms with Crippen molar-refractivity contribution in [2.45, 2.75) is 25.8 Å². The summed E-state index contributed by atoms with van der Waals surface area (Å²) in [6, 6.07) is 10.7. The summed E-state index contributed by atoms with van der Waals surface area (Å²) in [5, 5.41) is 8.26. The summed E-state index contributed by atoms with van der Waals surface area (Å²) < 4.78 is 2.10. The van der Waals surface area contributed by atoms with E-state index in [1.54, 1.807) is 19.3 Å². The minimum atomic E-state index is -0.199. The molecule has 0 unspecified atom stereocenters. The number of rotatable bonds is 4. The third-order valence-electron chi connectivity index (χ3n) is 7.16. The molecule has 3 aromatic heterocycles. The molecule has 0 radical (unpaired) electrons. The molecule has 1 fully saturated rings. The summed E-state index contributed by atoms with van der Waals surface area (Å²) in [6.45, 7) is 5.07. The highest BCUT2D eigenvalue weighted by atomic mass is 16.1. The van der Waals surface area contributed by atoms with Gasteiger partial charge >= 0.3 is 0 Å². The summed E-state index contributed by atoms with van der Waals surface area (Å²) in [5.41, 5.74) is 7.20. The Morgan fingerprint density at radius 3 is 2.86 bits per heavy atom. The number of aryl methyl sites for hydroxylation is 2. The number of likely N-dealkylation sites (N-methyl/N-ethyl adjacent to an activating group) is 1. The van der Waals surface area contributed by atoms with E-state index in [0.717, 1.165) is 60.4 Å². The standard InChI is InChI=1S/C27H29N7O/c1-17-10-24-18(11-22(17)20-13-30-34(14-20)21-15-32(3)16-21)7-5-9-33(24)26-25-19(6-4-8-29-25)12-23(31-26)27(35)28-2/h4,6,8,10-14,21H,5,7,9,15-16H2,1-3H3,(H,28,35). The lowest BCUT2D eigenvalue weighted by Crippen LogP contribution is -2.45. The van der Waals surface area contributed by atoms with Gasteiger partial charge in [-0.05, 0) is 67.8 Å². The third-order valence-corrected chi connectivity index (χ3v) is 7.16. The molecule has 6 rings (SSSR count). The van der Waals surface area contributed by atoms with Crippen LogP contribution in [0.25, 0.3) is 22.0 Å². The fourth-order valence-corrected chi connectivity index (χ4v) is 5.28. The molecule has 0 spiro atoms. The number of carbonyl (C=O) groups excluding carboxylic acids is 1. The Morgan fingerprint density at radius 1 is 1.20 bits per heavy atom. The number of nitrogens with one attached hydrogen (secondary N) is 1. The number of benzene rings is 1. The van der Waals surface area contributed by atoms with Crippen molar-refractivity contribution in [2.75, 3.05) is 38.6 Å². The Balaban J connectivity index is 1.42. The SMILES string of the molecule is CNC(=O)c1cc2cccnc2c(N2CCCc3cc(-c4cnn(C5CN(C)C5)c4)c(C)cc32)n1. The van der Waals surface area contributed by atoms with Crippen molar-refractivity contribution < 1.29 is 4.79 Å². The minimum Gasteiger partial charge on any atom is -0.354 e. The van der Waals surface area contributed by atoms with Crippen LogP contribution in [0.3, 0.4) is 0 Å². The van der Waals surface area contributed by atoms with E-state index in [9.17, 15) is 4.79 Å². The zero-order valence-corrected chi connectivity index (χ0v) is 20.3. The highest BCUT2D eigenvalue weighted by Crippen LogP contribution is 2.39. The fourth-order valence-electron chi connectivity index (χ4n) is 5.28. The van der Waals surface area contributed by atoms with E-state index >= 15 is 0 Å². The molecule has 8 nitrogen and oxygen atoms in total. The van der Waals surface area contributed by atoms with Crippen molar-refractivity contribution in [2.24, 2.45) is 0 Å². The molecular formula is C27H29N7O. The van der Waals surface area contributed by atoms with Crippen molar-refractivity contribution >= 4 is 28.3 Å². The maximum atomic E-state index is 12.5. The van der Waals surface area contributed by atoms with Crippen LogP contribution in [0.2, 0.25) is 0 Å². The zero-order valence-electron chi connectivity index (χ0n) is 20.3. The van der Waals surface area contributed by atoms with Gasteiger partial charge in [-0.1, -0.05) is 6.07 Å². The molecule has 2 aliphatic heterocycles. The minimum absolute atomic E-state index is 0.199. The first-order valence-electron chi connectivity index (χ1n) is 12.1. The Labute approximate surface area is 204 Å². The molecule has 5 heterocycles. The number of amides is 1. The number of hydrogen-bond donors (Lipinski definition) is 1. The van der Waals surface area contributed by atoms with Crippen molar-refractivity contribution in [1.29, 1.82) is 0 Å². The van der Waals surface area contributed by atoms with E-state index < -0.39 is 0 Å². The van der Waals surface area contributed by atoms with Crippen molar-refractivity contribution in [3.63, 3.8) is 0 Å². The van der Waals surface area contributed by atoms with Crippen LogP contribution in [0, 0.1) is 6.92 Å². The molecule has 1 N–H and O–H groups in total. The molecule has 0 bridgehead atoms. The Bertz CT molecular complexity index is 1440. The lowest BCUT2D eigenvalue weighted by molar-refractivity contribution is 0.0958. The number of nitrogens with zero attached hydrogens (tertiary/aromatic N) is 6. The number of carbonyl (C=O) groups is 1. The van der Waals surface area contributed by atoms with Gasteiger partial charge in [-0.2, -0.15) is 5.10 Å². The number of pyridine rings is 2. The molecule has 0 saturated carbocycles. The molecule has 8 heteroatoms. The van der Waals surface area contributed by atoms with E-state index in [4.69, 9.17) is 4.98 Å². The first-order chi connectivity index (χ1) is 17.0. The Morgan fingerprint density at radius 2 is 2.06 bits per heavy atom. The maximum absolute atomic E-state index is 12.5. The first kappa shape index (κ1) is 21.7. The monoisotopic (exact) mass is 467 g/mol. The Kier molecular flexibility index (Phi) is 5.25. The van der Waals surface area contributed by atoms with Crippen molar-refractivity contribution in [1.82, 2.24) is 30.0 Å². The highest BCUT2D eigenvalue weighted by Gasteiger charge is 2.27. The zero-order chi connectivity index (χ0) is 24.1. The second kappa shape index (κ2) is 8.46. The summed E-state index contributed by atoms with van der Waals surface area (Å²) in [7, 11) is 3.77. The van der Waals surface area contributed by atoms with Crippen LogP contribution < -0.4 is 10.2 Å². The maximum Gasteiger partial charge on any atom is 0.269 e. The van der Waals surface area contributed by atoms with Gasteiger partial charge in [0.2, 0.25) is 0 Å². The van der Waals surface area contributed by atoms with Crippen LogP contribution in [-0.4, -0.2) is 64.3 Å².